The number of hydrogen-bond acceptors (Lipinski definition) is 6. The summed E-state index contributed by atoms with van der Waals surface area (Å²) in [5.41, 5.74) is 8.21. The van der Waals surface area contributed by atoms with Gasteiger partial charge in [0.05, 0.1) is 6.61 Å². The fraction of sp³-hybridized carbons (Fsp3) is 0.440. The van der Waals surface area contributed by atoms with Crippen LogP contribution in [0.3, 0.4) is 0 Å². The van der Waals surface area contributed by atoms with Crippen LogP contribution in [0.5, 0.6) is 0 Å². The molecule has 0 bridgehead atoms. The highest BCUT2D eigenvalue weighted by atomic mass is 16.5. The first-order chi connectivity index (χ1) is 16.7. The molecule has 3 amide bonds. The summed E-state index contributed by atoms with van der Waals surface area (Å²) in [4.78, 5) is 42.1. The van der Waals surface area contributed by atoms with Gasteiger partial charge in [-0.25, -0.2) is 0 Å². The van der Waals surface area contributed by atoms with Crippen molar-refractivity contribution < 1.29 is 24.2 Å². The van der Waals surface area contributed by atoms with Crippen molar-refractivity contribution in [2.24, 2.45) is 5.73 Å². The number of nitrogens with zero attached hydrogens (tertiary/aromatic N) is 2. The van der Waals surface area contributed by atoms with Gasteiger partial charge in [0.2, 0.25) is 5.91 Å². The number of allylic oxidation sites excluding steroid dienone is 2. The van der Waals surface area contributed by atoms with Gasteiger partial charge in [-0.3, -0.25) is 19.8 Å². The molecule has 2 heterocycles. The Hall–Kier alpha value is -3.50. The van der Waals surface area contributed by atoms with Crippen LogP contribution in [0.2, 0.25) is 0 Å². The summed E-state index contributed by atoms with van der Waals surface area (Å²) in [5.74, 6) is -1.48. The number of carbonyl (C=O) groups excluding carboxylic acids is 3. The van der Waals surface area contributed by atoms with Crippen LogP contribution in [0.4, 0.5) is 5.69 Å². The van der Waals surface area contributed by atoms with E-state index in [9.17, 15) is 19.5 Å². The number of amides is 3. The number of rotatable bonds is 8. The number of benzene rings is 1. The SMILES string of the molecule is CC=C(C(C)=C(CC)C(=O)N1CCC1)N1CCOC(C(O)C(=O)Nc2ccc(C(=N)N)cc2)C1=O. The number of likely N-dealkylation sites (tertiary alicyclic amines) is 1. The number of aliphatic hydroxyl groups is 1. The number of morpholine rings is 1. The molecular formula is C25H33N5O5. The molecule has 0 saturated carbocycles. The van der Waals surface area contributed by atoms with Crippen LogP contribution in [0, 0.1) is 5.41 Å². The zero-order chi connectivity index (χ0) is 25.7. The Morgan fingerprint density at radius 1 is 1.29 bits per heavy atom. The lowest BCUT2D eigenvalue weighted by molar-refractivity contribution is -0.163. The molecule has 35 heavy (non-hydrogen) atoms. The fourth-order valence-corrected chi connectivity index (χ4v) is 4.17. The van der Waals surface area contributed by atoms with Crippen LogP contribution in [0.1, 0.15) is 39.2 Å². The first kappa shape index (κ1) is 26.1. The Morgan fingerprint density at radius 3 is 2.46 bits per heavy atom. The van der Waals surface area contributed by atoms with Gasteiger partial charge in [-0.1, -0.05) is 13.0 Å². The lowest BCUT2D eigenvalue weighted by Crippen LogP contribution is -2.55. The van der Waals surface area contributed by atoms with Gasteiger partial charge >= 0.3 is 0 Å². The average molecular weight is 484 g/mol. The lowest BCUT2D eigenvalue weighted by Gasteiger charge is -2.37. The molecule has 0 aliphatic carbocycles. The number of nitrogen functional groups attached to an aromatic ring is 1. The van der Waals surface area contributed by atoms with Crippen molar-refractivity contribution in [3.63, 3.8) is 0 Å². The Labute approximate surface area is 204 Å². The molecule has 0 aromatic heterocycles. The Balaban J connectivity index is 1.75. The zero-order valence-corrected chi connectivity index (χ0v) is 20.3. The van der Waals surface area contributed by atoms with E-state index < -0.39 is 24.0 Å². The summed E-state index contributed by atoms with van der Waals surface area (Å²) in [6.07, 6.45) is 0.140. The first-order valence-corrected chi connectivity index (χ1v) is 11.7. The Morgan fingerprint density at radius 2 is 1.94 bits per heavy atom. The number of ether oxygens (including phenoxy) is 1. The molecule has 1 aromatic rings. The molecule has 3 rings (SSSR count). The van der Waals surface area contributed by atoms with Crippen molar-refractivity contribution in [1.82, 2.24) is 9.80 Å². The molecule has 2 aliphatic rings. The molecule has 2 unspecified atom stereocenters. The van der Waals surface area contributed by atoms with Crippen molar-refractivity contribution in [3.05, 3.63) is 52.7 Å². The van der Waals surface area contributed by atoms with Crippen LogP contribution >= 0.6 is 0 Å². The highest BCUT2D eigenvalue weighted by molar-refractivity contribution is 6.00. The maximum atomic E-state index is 13.3. The molecule has 10 heteroatoms. The summed E-state index contributed by atoms with van der Waals surface area (Å²) < 4.78 is 5.50. The average Bonchev–Trinajstić information content (AvgIpc) is 2.80. The quantitative estimate of drug-likeness (QED) is 0.190. The topological polar surface area (TPSA) is 149 Å². The summed E-state index contributed by atoms with van der Waals surface area (Å²) in [5, 5.41) is 20.6. The largest absolute Gasteiger partial charge is 0.384 e. The van der Waals surface area contributed by atoms with Gasteiger partial charge in [-0.2, -0.15) is 0 Å². The molecule has 0 radical (unpaired) electrons. The zero-order valence-electron chi connectivity index (χ0n) is 20.3. The first-order valence-electron chi connectivity index (χ1n) is 11.7. The smallest absolute Gasteiger partial charge is 0.259 e. The summed E-state index contributed by atoms with van der Waals surface area (Å²) in [7, 11) is 0. The maximum Gasteiger partial charge on any atom is 0.259 e. The minimum absolute atomic E-state index is 0.0249. The summed E-state index contributed by atoms with van der Waals surface area (Å²) >= 11 is 0. The van der Waals surface area contributed by atoms with E-state index >= 15 is 0 Å². The van der Waals surface area contributed by atoms with Gasteiger partial charge in [-0.15, -0.1) is 0 Å². The highest BCUT2D eigenvalue weighted by Crippen LogP contribution is 2.27. The second-order valence-corrected chi connectivity index (χ2v) is 8.48. The van der Waals surface area contributed by atoms with E-state index in [0.717, 1.165) is 19.5 Å². The van der Waals surface area contributed by atoms with Crippen LogP contribution in [0.25, 0.3) is 0 Å². The second-order valence-electron chi connectivity index (χ2n) is 8.48. The second kappa shape index (κ2) is 11.3. The van der Waals surface area contributed by atoms with E-state index in [2.05, 4.69) is 5.32 Å². The molecule has 5 N–H and O–H groups in total. The predicted octanol–water partition coefficient (Wildman–Crippen LogP) is 1.36. The van der Waals surface area contributed by atoms with E-state index in [-0.39, 0.29) is 24.9 Å². The van der Waals surface area contributed by atoms with Gasteiger partial charge in [0.15, 0.2) is 12.2 Å². The summed E-state index contributed by atoms with van der Waals surface area (Å²) in [6.45, 7) is 7.34. The van der Waals surface area contributed by atoms with Gasteiger partial charge < -0.3 is 30.7 Å². The molecule has 2 atom stereocenters. The fourth-order valence-electron chi connectivity index (χ4n) is 4.17. The third kappa shape index (κ3) is 5.60. The van der Waals surface area contributed by atoms with E-state index in [4.69, 9.17) is 15.9 Å². The lowest BCUT2D eigenvalue weighted by atomic mass is 9.99. The maximum absolute atomic E-state index is 13.3. The van der Waals surface area contributed by atoms with Crippen LogP contribution in [-0.4, -0.2) is 76.9 Å². The monoisotopic (exact) mass is 483 g/mol. The molecule has 188 valence electrons. The van der Waals surface area contributed by atoms with E-state index in [1.807, 2.05) is 13.8 Å². The number of hydrogen-bond donors (Lipinski definition) is 4. The molecule has 0 spiro atoms. The van der Waals surface area contributed by atoms with Crippen molar-refractivity contribution in [1.29, 1.82) is 5.41 Å². The minimum atomic E-state index is -1.74. The number of nitrogens with one attached hydrogen (secondary N) is 2. The normalized spacial score (nSPS) is 20.1. The molecule has 10 nitrogen and oxygen atoms in total. The van der Waals surface area contributed by atoms with Crippen molar-refractivity contribution >= 4 is 29.2 Å². The third-order valence-corrected chi connectivity index (χ3v) is 6.30. The van der Waals surface area contributed by atoms with Crippen LogP contribution < -0.4 is 11.1 Å². The number of nitrogens with two attached hydrogens (primary N) is 1. The van der Waals surface area contributed by atoms with E-state index in [1.165, 1.54) is 4.90 Å². The highest BCUT2D eigenvalue weighted by Gasteiger charge is 2.40. The van der Waals surface area contributed by atoms with Crippen molar-refractivity contribution in [3.8, 4) is 0 Å². The molecular weight excluding hydrogens is 450 g/mol. The van der Waals surface area contributed by atoms with E-state index in [1.54, 1.807) is 42.2 Å². The predicted molar refractivity (Wildman–Crippen MR) is 131 cm³/mol. The number of amidine groups is 1. The standard InChI is InChI=1S/C25H33N5O5/c1-4-18(24(33)29-11-6-12-29)15(3)19(5-2)30-13-14-35-21(25(30)34)20(31)23(32)28-17-9-7-16(8-10-17)22(26)27/h5,7-10,20-21,31H,4,6,11-14H2,1-3H3,(H3,26,27)(H,28,32). The molecule has 2 fully saturated rings. The number of anilines is 1. The van der Waals surface area contributed by atoms with Gasteiger partial charge in [0.25, 0.3) is 11.8 Å². The number of aliphatic hydroxyl groups excluding tert-OH is 1. The van der Waals surface area contributed by atoms with Crippen molar-refractivity contribution in [2.75, 3.05) is 31.6 Å². The third-order valence-electron chi connectivity index (χ3n) is 6.30. The summed E-state index contributed by atoms with van der Waals surface area (Å²) in [6, 6.07) is 6.22. The minimum Gasteiger partial charge on any atom is -0.384 e. The van der Waals surface area contributed by atoms with Gasteiger partial charge in [0.1, 0.15) is 5.84 Å². The molecule has 2 aliphatic heterocycles. The van der Waals surface area contributed by atoms with Crippen LogP contribution in [-0.2, 0) is 19.1 Å². The Bertz CT molecular complexity index is 1060. The molecule has 1 aromatic carbocycles. The van der Waals surface area contributed by atoms with Gasteiger partial charge in [-0.05, 0) is 56.5 Å². The van der Waals surface area contributed by atoms with Gasteiger partial charge in [0, 0.05) is 42.2 Å². The number of carbonyl (C=O) groups is 3. The molecule has 2 saturated heterocycles. The van der Waals surface area contributed by atoms with Crippen LogP contribution in [0.15, 0.2) is 47.2 Å². The van der Waals surface area contributed by atoms with Crippen molar-refractivity contribution in [2.45, 2.75) is 45.8 Å². The Kier molecular flexibility index (Phi) is 8.42. The van der Waals surface area contributed by atoms with E-state index in [0.29, 0.717) is 34.5 Å².